The fraction of sp³-hybridized carbons (Fsp3) is 0.750. The average Bonchev–Trinajstić information content (AvgIpc) is 2.40. The summed E-state index contributed by atoms with van der Waals surface area (Å²) in [5.74, 6) is 1.58. The molecule has 0 saturated carbocycles. The number of allylic oxidation sites excluding steroid dienone is 2. The van der Waals surface area contributed by atoms with Crippen molar-refractivity contribution in [2.75, 3.05) is 5.33 Å². The van der Waals surface area contributed by atoms with Crippen molar-refractivity contribution in [3.8, 4) is 0 Å². The Labute approximate surface area is 65.5 Å². The summed E-state index contributed by atoms with van der Waals surface area (Å²) in [6.45, 7) is 6.77. The van der Waals surface area contributed by atoms with Gasteiger partial charge in [0.2, 0.25) is 0 Å². The molecule has 0 radical (unpaired) electrons. The Bertz CT molecular complexity index is 145. The van der Waals surface area contributed by atoms with Gasteiger partial charge in [-0.3, -0.25) is 0 Å². The van der Waals surface area contributed by atoms with Gasteiger partial charge in [-0.25, -0.2) is 0 Å². The number of rotatable bonds is 2. The standard InChI is InChI=1S/C8H13Br/c1-5(2)8-6(3)7(8)4-9/h5,7H,4H2,1-3H3. The molecular formula is C8H13Br. The van der Waals surface area contributed by atoms with Crippen LogP contribution in [0.4, 0.5) is 0 Å². The maximum atomic E-state index is 3.48. The van der Waals surface area contributed by atoms with Crippen LogP contribution in [0.3, 0.4) is 0 Å². The molecule has 1 heteroatoms. The highest BCUT2D eigenvalue weighted by Crippen LogP contribution is 2.44. The molecule has 0 saturated heterocycles. The zero-order chi connectivity index (χ0) is 7.02. The third kappa shape index (κ3) is 1.21. The molecule has 1 aliphatic carbocycles. The highest BCUT2D eigenvalue weighted by molar-refractivity contribution is 9.09. The van der Waals surface area contributed by atoms with Crippen LogP contribution in [0.5, 0.6) is 0 Å². The van der Waals surface area contributed by atoms with Crippen LogP contribution in [-0.4, -0.2) is 5.33 Å². The van der Waals surface area contributed by atoms with E-state index < -0.39 is 0 Å². The van der Waals surface area contributed by atoms with E-state index in [0.717, 1.165) is 17.2 Å². The van der Waals surface area contributed by atoms with Crippen LogP contribution >= 0.6 is 15.9 Å². The van der Waals surface area contributed by atoms with Crippen molar-refractivity contribution >= 4 is 15.9 Å². The highest BCUT2D eigenvalue weighted by Gasteiger charge is 2.32. The van der Waals surface area contributed by atoms with Gasteiger partial charge in [-0.2, -0.15) is 0 Å². The number of halogens is 1. The molecule has 1 unspecified atom stereocenters. The molecule has 0 aromatic rings. The Kier molecular flexibility index (Phi) is 2.00. The largest absolute Gasteiger partial charge is 0.0918 e. The summed E-state index contributed by atoms with van der Waals surface area (Å²) in [7, 11) is 0. The lowest BCUT2D eigenvalue weighted by Crippen LogP contribution is -1.89. The van der Waals surface area contributed by atoms with Crippen molar-refractivity contribution in [2.24, 2.45) is 11.8 Å². The van der Waals surface area contributed by atoms with Gasteiger partial charge in [0.1, 0.15) is 0 Å². The van der Waals surface area contributed by atoms with E-state index in [2.05, 4.69) is 36.7 Å². The molecular weight excluding hydrogens is 176 g/mol. The molecule has 0 heterocycles. The number of hydrogen-bond acceptors (Lipinski definition) is 0. The molecule has 1 rings (SSSR count). The first-order valence-corrected chi connectivity index (χ1v) is 4.57. The first-order chi connectivity index (χ1) is 4.18. The lowest BCUT2D eigenvalue weighted by Gasteiger charge is -1.97. The Morgan fingerprint density at radius 2 is 2.11 bits per heavy atom. The van der Waals surface area contributed by atoms with E-state index in [0.29, 0.717) is 0 Å². The molecule has 0 aromatic carbocycles. The van der Waals surface area contributed by atoms with E-state index in [9.17, 15) is 0 Å². The average molecular weight is 189 g/mol. The van der Waals surface area contributed by atoms with E-state index in [1.165, 1.54) is 0 Å². The minimum atomic E-state index is 0.771. The minimum absolute atomic E-state index is 0.771. The first-order valence-electron chi connectivity index (χ1n) is 3.45. The Morgan fingerprint density at radius 1 is 1.56 bits per heavy atom. The predicted molar refractivity (Wildman–Crippen MR) is 44.8 cm³/mol. The van der Waals surface area contributed by atoms with E-state index in [1.807, 2.05) is 0 Å². The van der Waals surface area contributed by atoms with Gasteiger partial charge in [0.25, 0.3) is 0 Å². The second-order valence-corrected chi connectivity index (χ2v) is 3.65. The van der Waals surface area contributed by atoms with Gasteiger partial charge >= 0.3 is 0 Å². The van der Waals surface area contributed by atoms with Crippen LogP contribution in [0.25, 0.3) is 0 Å². The summed E-state index contributed by atoms with van der Waals surface area (Å²) >= 11 is 3.48. The Morgan fingerprint density at radius 3 is 2.22 bits per heavy atom. The lowest BCUT2D eigenvalue weighted by atomic mass is 10.1. The summed E-state index contributed by atoms with van der Waals surface area (Å²) < 4.78 is 0. The second-order valence-electron chi connectivity index (χ2n) is 3.00. The number of alkyl halides is 1. The van der Waals surface area contributed by atoms with Crippen LogP contribution < -0.4 is 0 Å². The lowest BCUT2D eigenvalue weighted by molar-refractivity contribution is 0.755. The fourth-order valence-corrected chi connectivity index (χ4v) is 2.31. The van der Waals surface area contributed by atoms with E-state index in [4.69, 9.17) is 0 Å². The summed E-state index contributed by atoms with van der Waals surface area (Å²) in [6.07, 6.45) is 0. The SMILES string of the molecule is CC1=C(C(C)C)C1CBr. The minimum Gasteiger partial charge on any atom is -0.0918 e. The van der Waals surface area contributed by atoms with Gasteiger partial charge < -0.3 is 0 Å². The summed E-state index contributed by atoms with van der Waals surface area (Å²) in [5, 5.41) is 1.13. The van der Waals surface area contributed by atoms with E-state index in [1.54, 1.807) is 11.1 Å². The molecule has 1 aliphatic rings. The van der Waals surface area contributed by atoms with Gasteiger partial charge in [0, 0.05) is 11.2 Å². The van der Waals surface area contributed by atoms with Crippen molar-refractivity contribution in [3.63, 3.8) is 0 Å². The van der Waals surface area contributed by atoms with Crippen LogP contribution in [0, 0.1) is 11.8 Å². The second kappa shape index (κ2) is 2.45. The monoisotopic (exact) mass is 188 g/mol. The number of hydrogen-bond donors (Lipinski definition) is 0. The summed E-state index contributed by atoms with van der Waals surface area (Å²) in [4.78, 5) is 0. The molecule has 0 spiro atoms. The molecule has 0 N–H and O–H groups in total. The van der Waals surface area contributed by atoms with Crippen molar-refractivity contribution in [1.29, 1.82) is 0 Å². The molecule has 9 heavy (non-hydrogen) atoms. The molecule has 0 bridgehead atoms. The summed E-state index contributed by atoms with van der Waals surface area (Å²) in [5.41, 5.74) is 3.29. The van der Waals surface area contributed by atoms with Gasteiger partial charge in [-0.1, -0.05) is 40.9 Å². The third-order valence-electron chi connectivity index (χ3n) is 2.05. The quantitative estimate of drug-likeness (QED) is 0.462. The van der Waals surface area contributed by atoms with Gasteiger partial charge in [-0.15, -0.1) is 0 Å². The topological polar surface area (TPSA) is 0 Å². The van der Waals surface area contributed by atoms with Crippen LogP contribution in [0.15, 0.2) is 11.1 Å². The molecule has 1 atom stereocenters. The van der Waals surface area contributed by atoms with Gasteiger partial charge in [0.15, 0.2) is 0 Å². The molecule has 0 aromatic heterocycles. The summed E-state index contributed by atoms with van der Waals surface area (Å²) in [6, 6.07) is 0. The van der Waals surface area contributed by atoms with Gasteiger partial charge in [0.05, 0.1) is 0 Å². The predicted octanol–water partition coefficient (Wildman–Crippen LogP) is 2.98. The van der Waals surface area contributed by atoms with Crippen molar-refractivity contribution in [3.05, 3.63) is 11.1 Å². The molecule has 0 fully saturated rings. The van der Waals surface area contributed by atoms with E-state index in [-0.39, 0.29) is 0 Å². The van der Waals surface area contributed by atoms with Crippen molar-refractivity contribution in [1.82, 2.24) is 0 Å². The first kappa shape index (κ1) is 7.33. The van der Waals surface area contributed by atoms with Crippen molar-refractivity contribution in [2.45, 2.75) is 20.8 Å². The highest BCUT2D eigenvalue weighted by atomic mass is 79.9. The third-order valence-corrected chi connectivity index (χ3v) is 2.69. The Balaban J connectivity index is 2.46. The molecule has 0 nitrogen and oxygen atoms in total. The molecule has 0 amide bonds. The van der Waals surface area contributed by atoms with Crippen LogP contribution in [-0.2, 0) is 0 Å². The van der Waals surface area contributed by atoms with Crippen LogP contribution in [0.1, 0.15) is 20.8 Å². The zero-order valence-electron chi connectivity index (χ0n) is 6.24. The normalized spacial score (nSPS) is 25.7. The maximum Gasteiger partial charge on any atom is 0.0135 e. The Hall–Kier alpha value is 0.220. The fourth-order valence-electron chi connectivity index (χ4n) is 1.47. The smallest absolute Gasteiger partial charge is 0.0135 e. The van der Waals surface area contributed by atoms with Crippen molar-refractivity contribution < 1.29 is 0 Å². The molecule has 0 aliphatic heterocycles. The van der Waals surface area contributed by atoms with Gasteiger partial charge in [-0.05, 0) is 12.8 Å². The zero-order valence-corrected chi connectivity index (χ0v) is 7.83. The maximum absolute atomic E-state index is 3.48. The molecule has 52 valence electrons. The van der Waals surface area contributed by atoms with Crippen LogP contribution in [0.2, 0.25) is 0 Å². The van der Waals surface area contributed by atoms with E-state index >= 15 is 0 Å².